The maximum Gasteiger partial charge on any atom is 0.133 e. The number of hydrogen-bond acceptors (Lipinski definition) is 2. The van der Waals surface area contributed by atoms with Crippen molar-refractivity contribution >= 4 is 0 Å². The zero-order valence-electron chi connectivity index (χ0n) is 8.13. The van der Waals surface area contributed by atoms with Crippen LogP contribution in [0, 0.1) is 19.3 Å². The summed E-state index contributed by atoms with van der Waals surface area (Å²) in [5, 5.41) is 3.22. The van der Waals surface area contributed by atoms with Gasteiger partial charge in [-0.2, -0.15) is 0 Å². The van der Waals surface area contributed by atoms with Gasteiger partial charge in [-0.15, -0.1) is 6.42 Å². The summed E-state index contributed by atoms with van der Waals surface area (Å²) in [5.41, 5.74) is 0. The maximum absolute atomic E-state index is 5.43. The van der Waals surface area contributed by atoms with E-state index in [2.05, 4.69) is 18.2 Å². The minimum absolute atomic E-state index is 0.0892. The first-order chi connectivity index (χ1) is 6.27. The van der Waals surface area contributed by atoms with E-state index in [1.807, 2.05) is 19.1 Å². The second-order valence-corrected chi connectivity index (χ2v) is 3.00. The molecule has 1 rings (SSSR count). The number of aryl methyl sites for hydroxylation is 1. The van der Waals surface area contributed by atoms with Crippen molar-refractivity contribution in [1.82, 2.24) is 5.32 Å². The quantitative estimate of drug-likeness (QED) is 0.714. The van der Waals surface area contributed by atoms with Crippen LogP contribution in [0.4, 0.5) is 0 Å². The first-order valence-corrected chi connectivity index (χ1v) is 4.53. The Bertz CT molecular complexity index is 295. The van der Waals surface area contributed by atoms with E-state index >= 15 is 0 Å². The molecule has 0 saturated carbocycles. The minimum atomic E-state index is -0.0892. The molecule has 0 aliphatic carbocycles. The zero-order valence-corrected chi connectivity index (χ0v) is 8.13. The third kappa shape index (κ3) is 2.64. The van der Waals surface area contributed by atoms with Crippen LogP contribution >= 0.6 is 0 Å². The van der Waals surface area contributed by atoms with Crippen LogP contribution in [0.25, 0.3) is 0 Å². The third-order valence-electron chi connectivity index (χ3n) is 1.81. The lowest BCUT2D eigenvalue weighted by atomic mass is 10.2. The van der Waals surface area contributed by atoms with Gasteiger partial charge in [-0.3, -0.25) is 5.32 Å². The fraction of sp³-hybridized carbons (Fsp3) is 0.455. The topological polar surface area (TPSA) is 25.2 Å². The standard InChI is InChI=1S/C11H15NO/c1-4-8-12-10(5-2)11-7-6-9(3)13-11/h2,6-7,10,12H,4,8H2,1,3H3. The first kappa shape index (κ1) is 9.88. The molecule has 1 atom stereocenters. The molecule has 0 spiro atoms. The highest BCUT2D eigenvalue weighted by molar-refractivity contribution is 5.17. The van der Waals surface area contributed by atoms with Crippen molar-refractivity contribution in [3.05, 3.63) is 23.7 Å². The number of rotatable bonds is 4. The van der Waals surface area contributed by atoms with Gasteiger partial charge in [0.1, 0.15) is 17.6 Å². The van der Waals surface area contributed by atoms with Crippen molar-refractivity contribution in [2.24, 2.45) is 0 Å². The number of terminal acetylenes is 1. The van der Waals surface area contributed by atoms with Crippen LogP contribution < -0.4 is 5.32 Å². The summed E-state index contributed by atoms with van der Waals surface area (Å²) in [6.07, 6.45) is 6.45. The van der Waals surface area contributed by atoms with Crippen LogP contribution in [0.5, 0.6) is 0 Å². The van der Waals surface area contributed by atoms with Crippen LogP contribution in [-0.4, -0.2) is 6.54 Å². The molecule has 1 N–H and O–H groups in total. The van der Waals surface area contributed by atoms with E-state index in [-0.39, 0.29) is 6.04 Å². The molecule has 13 heavy (non-hydrogen) atoms. The minimum Gasteiger partial charge on any atom is -0.464 e. The summed E-state index contributed by atoms with van der Waals surface area (Å²) in [5.74, 6) is 4.39. The Morgan fingerprint density at radius 2 is 2.38 bits per heavy atom. The summed E-state index contributed by atoms with van der Waals surface area (Å²) in [6.45, 7) is 4.93. The third-order valence-corrected chi connectivity index (χ3v) is 1.81. The molecule has 2 nitrogen and oxygen atoms in total. The zero-order chi connectivity index (χ0) is 9.68. The van der Waals surface area contributed by atoms with Gasteiger partial charge in [-0.1, -0.05) is 12.8 Å². The van der Waals surface area contributed by atoms with Crippen molar-refractivity contribution in [3.8, 4) is 12.3 Å². The lowest BCUT2D eigenvalue weighted by molar-refractivity contribution is 0.442. The molecule has 0 bridgehead atoms. The fourth-order valence-corrected chi connectivity index (χ4v) is 1.14. The van der Waals surface area contributed by atoms with Crippen molar-refractivity contribution < 1.29 is 4.42 Å². The number of nitrogens with one attached hydrogen (secondary N) is 1. The summed E-state index contributed by atoms with van der Waals surface area (Å²) >= 11 is 0. The predicted molar refractivity (Wildman–Crippen MR) is 53.3 cm³/mol. The molecule has 1 aromatic heterocycles. The summed E-state index contributed by atoms with van der Waals surface area (Å²) in [4.78, 5) is 0. The SMILES string of the molecule is C#CC(NCCC)c1ccc(C)o1. The van der Waals surface area contributed by atoms with Crippen molar-refractivity contribution in [2.75, 3.05) is 6.54 Å². The van der Waals surface area contributed by atoms with E-state index in [4.69, 9.17) is 10.8 Å². The smallest absolute Gasteiger partial charge is 0.133 e. The summed E-state index contributed by atoms with van der Waals surface area (Å²) in [7, 11) is 0. The summed E-state index contributed by atoms with van der Waals surface area (Å²) < 4.78 is 5.43. The average Bonchev–Trinajstić information content (AvgIpc) is 2.54. The van der Waals surface area contributed by atoms with E-state index in [1.54, 1.807) is 0 Å². The van der Waals surface area contributed by atoms with Gasteiger partial charge in [0.2, 0.25) is 0 Å². The van der Waals surface area contributed by atoms with Crippen molar-refractivity contribution in [3.63, 3.8) is 0 Å². The first-order valence-electron chi connectivity index (χ1n) is 4.53. The van der Waals surface area contributed by atoms with Gasteiger partial charge in [0.25, 0.3) is 0 Å². The molecule has 1 unspecified atom stereocenters. The molecule has 0 aromatic carbocycles. The lowest BCUT2D eigenvalue weighted by Gasteiger charge is -2.08. The average molecular weight is 177 g/mol. The fourth-order valence-electron chi connectivity index (χ4n) is 1.14. The lowest BCUT2D eigenvalue weighted by Crippen LogP contribution is -2.20. The second-order valence-electron chi connectivity index (χ2n) is 3.00. The predicted octanol–water partition coefficient (Wildman–Crippen LogP) is 2.26. The van der Waals surface area contributed by atoms with Gasteiger partial charge in [0, 0.05) is 0 Å². The molecule has 0 saturated heterocycles. The van der Waals surface area contributed by atoms with Crippen molar-refractivity contribution in [1.29, 1.82) is 0 Å². The highest BCUT2D eigenvalue weighted by Crippen LogP contribution is 2.15. The van der Waals surface area contributed by atoms with Crippen LogP contribution in [0.2, 0.25) is 0 Å². The second kappa shape index (κ2) is 4.74. The Morgan fingerprint density at radius 1 is 1.62 bits per heavy atom. The van der Waals surface area contributed by atoms with E-state index in [1.165, 1.54) is 0 Å². The van der Waals surface area contributed by atoms with Gasteiger partial charge in [0.15, 0.2) is 0 Å². The van der Waals surface area contributed by atoms with Gasteiger partial charge in [-0.25, -0.2) is 0 Å². The highest BCUT2D eigenvalue weighted by Gasteiger charge is 2.09. The van der Waals surface area contributed by atoms with Crippen LogP contribution in [0.15, 0.2) is 16.5 Å². The van der Waals surface area contributed by atoms with Gasteiger partial charge in [0.05, 0.1) is 0 Å². The van der Waals surface area contributed by atoms with Gasteiger partial charge in [-0.05, 0) is 32.0 Å². The molecule has 0 radical (unpaired) electrons. The Hall–Kier alpha value is -1.20. The molecule has 0 aliphatic heterocycles. The largest absolute Gasteiger partial charge is 0.464 e. The molecule has 0 amide bonds. The normalized spacial score (nSPS) is 12.4. The Balaban J connectivity index is 2.63. The highest BCUT2D eigenvalue weighted by atomic mass is 16.3. The van der Waals surface area contributed by atoms with Crippen LogP contribution in [0.3, 0.4) is 0 Å². The van der Waals surface area contributed by atoms with Crippen LogP contribution in [0.1, 0.15) is 30.9 Å². The van der Waals surface area contributed by atoms with E-state index in [0.717, 1.165) is 24.5 Å². The maximum atomic E-state index is 5.43. The Morgan fingerprint density at radius 3 is 2.85 bits per heavy atom. The van der Waals surface area contributed by atoms with Gasteiger partial charge >= 0.3 is 0 Å². The number of furan rings is 1. The number of hydrogen-bond donors (Lipinski definition) is 1. The van der Waals surface area contributed by atoms with Crippen molar-refractivity contribution in [2.45, 2.75) is 26.3 Å². The molecule has 1 heterocycles. The monoisotopic (exact) mass is 177 g/mol. The van der Waals surface area contributed by atoms with E-state index < -0.39 is 0 Å². The summed E-state index contributed by atoms with van der Waals surface area (Å²) in [6, 6.07) is 3.75. The Kier molecular flexibility index (Phi) is 3.60. The molecule has 2 heteroatoms. The van der Waals surface area contributed by atoms with Crippen LogP contribution in [-0.2, 0) is 0 Å². The molecule has 70 valence electrons. The molecule has 0 fully saturated rings. The Labute approximate surface area is 79.3 Å². The molecule has 0 aliphatic rings. The van der Waals surface area contributed by atoms with E-state index in [9.17, 15) is 0 Å². The van der Waals surface area contributed by atoms with E-state index in [0.29, 0.717) is 0 Å². The molecular weight excluding hydrogens is 162 g/mol. The molecular formula is C11H15NO. The van der Waals surface area contributed by atoms with Gasteiger partial charge < -0.3 is 4.42 Å². The molecule has 1 aromatic rings.